The van der Waals surface area contributed by atoms with Crippen LogP contribution in [0, 0.1) is 5.92 Å². The summed E-state index contributed by atoms with van der Waals surface area (Å²) in [7, 11) is 0. The van der Waals surface area contributed by atoms with Gasteiger partial charge >= 0.3 is 0 Å². The van der Waals surface area contributed by atoms with Crippen molar-refractivity contribution in [2.24, 2.45) is 5.92 Å². The fourth-order valence-corrected chi connectivity index (χ4v) is 1.77. The SMILES string of the molecule is CC(C)C(OC=O)c1ccc2c(c1)OCO2. The Kier molecular flexibility index (Phi) is 2.99. The molecule has 0 saturated carbocycles. The van der Waals surface area contributed by atoms with Crippen molar-refractivity contribution in [2.75, 3.05) is 6.79 Å². The van der Waals surface area contributed by atoms with Gasteiger partial charge in [-0.15, -0.1) is 0 Å². The third-order valence-electron chi connectivity index (χ3n) is 2.53. The molecule has 0 N–H and O–H groups in total. The first-order valence-corrected chi connectivity index (χ1v) is 5.21. The molecule has 0 aliphatic carbocycles. The Morgan fingerprint density at radius 2 is 2.06 bits per heavy atom. The molecule has 1 atom stereocenters. The smallest absolute Gasteiger partial charge is 0.293 e. The maximum Gasteiger partial charge on any atom is 0.293 e. The highest BCUT2D eigenvalue weighted by atomic mass is 16.7. The molecule has 0 spiro atoms. The number of hydrogen-bond acceptors (Lipinski definition) is 4. The van der Waals surface area contributed by atoms with Gasteiger partial charge in [-0.2, -0.15) is 0 Å². The summed E-state index contributed by atoms with van der Waals surface area (Å²) in [4.78, 5) is 10.4. The lowest BCUT2D eigenvalue weighted by molar-refractivity contribution is -0.136. The van der Waals surface area contributed by atoms with Crippen LogP contribution in [0.15, 0.2) is 18.2 Å². The van der Waals surface area contributed by atoms with Gasteiger partial charge in [0, 0.05) is 0 Å². The van der Waals surface area contributed by atoms with Crippen molar-refractivity contribution in [3.05, 3.63) is 23.8 Å². The van der Waals surface area contributed by atoms with Crippen LogP contribution in [0.4, 0.5) is 0 Å². The highest BCUT2D eigenvalue weighted by molar-refractivity contribution is 5.46. The van der Waals surface area contributed by atoms with Gasteiger partial charge < -0.3 is 14.2 Å². The maximum absolute atomic E-state index is 10.4. The first kappa shape index (κ1) is 10.8. The van der Waals surface area contributed by atoms with E-state index in [0.29, 0.717) is 12.2 Å². The molecule has 0 fully saturated rings. The van der Waals surface area contributed by atoms with Gasteiger partial charge in [0.1, 0.15) is 6.10 Å². The second-order valence-electron chi connectivity index (χ2n) is 4.01. The molecule has 4 nitrogen and oxygen atoms in total. The number of ether oxygens (including phenoxy) is 3. The van der Waals surface area contributed by atoms with Crippen molar-refractivity contribution in [1.82, 2.24) is 0 Å². The number of hydrogen-bond donors (Lipinski definition) is 0. The Bertz CT molecular complexity index is 387. The van der Waals surface area contributed by atoms with Crippen LogP contribution in [0.5, 0.6) is 11.5 Å². The maximum atomic E-state index is 10.4. The number of carbonyl (C=O) groups is 1. The van der Waals surface area contributed by atoms with Crippen LogP contribution in [-0.2, 0) is 9.53 Å². The monoisotopic (exact) mass is 222 g/mol. The lowest BCUT2D eigenvalue weighted by Gasteiger charge is -2.19. The molecule has 1 aromatic rings. The minimum Gasteiger partial charge on any atom is -0.459 e. The lowest BCUT2D eigenvalue weighted by atomic mass is 9.98. The first-order chi connectivity index (χ1) is 7.72. The fourth-order valence-electron chi connectivity index (χ4n) is 1.77. The molecule has 1 aliphatic heterocycles. The third-order valence-corrected chi connectivity index (χ3v) is 2.53. The molecule has 0 saturated heterocycles. The molecular weight excluding hydrogens is 208 g/mol. The number of fused-ring (bicyclic) bond motifs is 1. The van der Waals surface area contributed by atoms with E-state index >= 15 is 0 Å². The standard InChI is InChI=1S/C12H14O4/c1-8(2)12(14-6-13)9-3-4-10-11(5-9)16-7-15-10/h3-6,8,12H,7H2,1-2H3. The van der Waals surface area contributed by atoms with E-state index in [1.54, 1.807) is 0 Å². The van der Waals surface area contributed by atoms with Crippen LogP contribution in [-0.4, -0.2) is 13.3 Å². The van der Waals surface area contributed by atoms with Gasteiger partial charge in [0.15, 0.2) is 11.5 Å². The van der Waals surface area contributed by atoms with Gasteiger partial charge in [0.05, 0.1) is 0 Å². The van der Waals surface area contributed by atoms with E-state index in [0.717, 1.165) is 11.3 Å². The molecule has 1 aromatic carbocycles. The molecule has 4 heteroatoms. The van der Waals surface area contributed by atoms with Crippen LogP contribution in [0.2, 0.25) is 0 Å². The summed E-state index contributed by atoms with van der Waals surface area (Å²) in [5, 5.41) is 0. The van der Waals surface area contributed by atoms with E-state index in [4.69, 9.17) is 14.2 Å². The second-order valence-corrected chi connectivity index (χ2v) is 4.01. The van der Waals surface area contributed by atoms with E-state index in [2.05, 4.69) is 0 Å². The molecule has 2 rings (SSSR count). The molecule has 86 valence electrons. The number of benzene rings is 1. The Balaban J connectivity index is 2.27. The minimum atomic E-state index is -0.244. The van der Waals surface area contributed by atoms with E-state index in [-0.39, 0.29) is 18.8 Å². The molecule has 1 aliphatic rings. The summed E-state index contributed by atoms with van der Waals surface area (Å²) >= 11 is 0. The van der Waals surface area contributed by atoms with Crippen LogP contribution in [0.25, 0.3) is 0 Å². The summed E-state index contributed by atoms with van der Waals surface area (Å²) in [6.07, 6.45) is -0.244. The van der Waals surface area contributed by atoms with Crippen LogP contribution in [0.1, 0.15) is 25.5 Å². The van der Waals surface area contributed by atoms with Crippen molar-refractivity contribution >= 4 is 6.47 Å². The molecule has 0 radical (unpaired) electrons. The molecule has 0 bridgehead atoms. The predicted octanol–water partition coefficient (Wildman–Crippen LogP) is 2.29. The molecular formula is C12H14O4. The Hall–Kier alpha value is -1.71. The van der Waals surface area contributed by atoms with E-state index in [1.807, 2.05) is 32.0 Å². The second kappa shape index (κ2) is 4.43. The Morgan fingerprint density at radius 3 is 2.75 bits per heavy atom. The third kappa shape index (κ3) is 1.96. The highest BCUT2D eigenvalue weighted by Crippen LogP contribution is 2.36. The zero-order valence-electron chi connectivity index (χ0n) is 9.30. The molecule has 0 amide bonds. The van der Waals surface area contributed by atoms with E-state index < -0.39 is 0 Å². The van der Waals surface area contributed by atoms with E-state index in [9.17, 15) is 4.79 Å². The van der Waals surface area contributed by atoms with E-state index in [1.165, 1.54) is 0 Å². The lowest BCUT2D eigenvalue weighted by Crippen LogP contribution is -2.10. The molecule has 1 unspecified atom stereocenters. The van der Waals surface area contributed by atoms with Crippen LogP contribution < -0.4 is 9.47 Å². The van der Waals surface area contributed by atoms with Crippen LogP contribution >= 0.6 is 0 Å². The van der Waals surface area contributed by atoms with Crippen LogP contribution in [0.3, 0.4) is 0 Å². The molecule has 16 heavy (non-hydrogen) atoms. The zero-order valence-corrected chi connectivity index (χ0v) is 9.30. The van der Waals surface area contributed by atoms with Gasteiger partial charge in [-0.3, -0.25) is 4.79 Å². The molecule has 0 aromatic heterocycles. The van der Waals surface area contributed by atoms with Gasteiger partial charge in [0.25, 0.3) is 6.47 Å². The zero-order chi connectivity index (χ0) is 11.5. The topological polar surface area (TPSA) is 44.8 Å². The van der Waals surface area contributed by atoms with Gasteiger partial charge in [-0.1, -0.05) is 19.9 Å². The average Bonchev–Trinajstić information content (AvgIpc) is 2.72. The number of rotatable bonds is 4. The van der Waals surface area contributed by atoms with Crippen molar-refractivity contribution in [1.29, 1.82) is 0 Å². The Morgan fingerprint density at radius 1 is 1.31 bits per heavy atom. The summed E-state index contributed by atoms with van der Waals surface area (Å²) in [6, 6.07) is 5.58. The fraction of sp³-hybridized carbons (Fsp3) is 0.417. The minimum absolute atomic E-state index is 0.213. The summed E-state index contributed by atoms with van der Waals surface area (Å²) in [5.41, 5.74) is 0.923. The predicted molar refractivity (Wildman–Crippen MR) is 57.3 cm³/mol. The van der Waals surface area contributed by atoms with Crippen molar-refractivity contribution in [2.45, 2.75) is 20.0 Å². The van der Waals surface area contributed by atoms with Crippen molar-refractivity contribution < 1.29 is 19.0 Å². The average molecular weight is 222 g/mol. The highest BCUT2D eigenvalue weighted by Gasteiger charge is 2.21. The summed E-state index contributed by atoms with van der Waals surface area (Å²) < 4.78 is 15.6. The van der Waals surface area contributed by atoms with Gasteiger partial charge in [0.2, 0.25) is 6.79 Å². The molecule has 1 heterocycles. The Labute approximate surface area is 94.1 Å². The normalized spacial score (nSPS) is 14.9. The van der Waals surface area contributed by atoms with Gasteiger partial charge in [-0.05, 0) is 23.6 Å². The first-order valence-electron chi connectivity index (χ1n) is 5.21. The van der Waals surface area contributed by atoms with Crippen molar-refractivity contribution in [3.8, 4) is 11.5 Å². The number of carbonyl (C=O) groups excluding carboxylic acids is 1. The summed E-state index contributed by atoms with van der Waals surface area (Å²) in [5.74, 6) is 1.65. The quantitative estimate of drug-likeness (QED) is 0.733. The van der Waals surface area contributed by atoms with Gasteiger partial charge in [-0.25, -0.2) is 0 Å². The largest absolute Gasteiger partial charge is 0.459 e. The van der Waals surface area contributed by atoms with Crippen molar-refractivity contribution in [3.63, 3.8) is 0 Å². The summed E-state index contributed by atoms with van der Waals surface area (Å²) in [6.45, 7) is 4.73.